The molecule has 1 aromatic rings. The summed E-state index contributed by atoms with van der Waals surface area (Å²) in [5.41, 5.74) is 0.930. The molecule has 9 nitrogen and oxygen atoms in total. The highest BCUT2D eigenvalue weighted by molar-refractivity contribution is 14.0. The van der Waals surface area contributed by atoms with Gasteiger partial charge in [-0.05, 0) is 25.0 Å². The van der Waals surface area contributed by atoms with Crippen LogP contribution in [0.5, 0.6) is 0 Å². The first-order chi connectivity index (χ1) is 13.2. The fourth-order valence-corrected chi connectivity index (χ4v) is 2.66. The summed E-state index contributed by atoms with van der Waals surface area (Å²) in [4.78, 5) is 14.4. The number of benzene rings is 1. The summed E-state index contributed by atoms with van der Waals surface area (Å²) >= 11 is 0. The minimum absolute atomic E-state index is 0. The molecule has 1 atom stereocenters. The number of guanidine groups is 1. The Kier molecular flexibility index (Phi) is 12.5. The molecule has 158 valence electrons. The third-order valence-corrected chi connectivity index (χ3v) is 4.18. The Hall–Kier alpha value is -1.66. The average Bonchev–Trinajstić information content (AvgIpc) is 3.20. The topological polar surface area (TPSA) is 110 Å². The van der Waals surface area contributed by atoms with E-state index in [1.165, 1.54) is 12.1 Å². The normalized spacial score (nSPS) is 16.3. The molecule has 0 amide bonds. The Balaban J connectivity index is 0.00000392. The zero-order valence-corrected chi connectivity index (χ0v) is 18.5. The quantitative estimate of drug-likeness (QED) is 0.105. The molecule has 0 spiro atoms. The molecule has 1 aromatic carbocycles. The molecule has 0 radical (unpaired) electrons. The van der Waals surface area contributed by atoms with Gasteiger partial charge in [0.25, 0.3) is 5.69 Å². The lowest BCUT2D eigenvalue weighted by Crippen LogP contribution is -2.40. The van der Waals surface area contributed by atoms with Crippen molar-refractivity contribution in [3.8, 4) is 0 Å². The molecule has 0 bridgehead atoms. The van der Waals surface area contributed by atoms with Crippen LogP contribution in [0, 0.1) is 16.0 Å². The maximum absolute atomic E-state index is 10.6. The molecule has 3 N–H and O–H groups in total. The first-order valence-electron chi connectivity index (χ1n) is 9.27. The van der Waals surface area contributed by atoms with E-state index in [0.717, 1.165) is 57.5 Å². The summed E-state index contributed by atoms with van der Waals surface area (Å²) in [6.45, 7) is 5.32. The van der Waals surface area contributed by atoms with Crippen molar-refractivity contribution in [3.05, 3.63) is 34.4 Å². The molecule has 1 aliphatic rings. The van der Waals surface area contributed by atoms with E-state index < -0.39 is 4.92 Å². The minimum Gasteiger partial charge on any atom is -0.383 e. The standard InChI is InChI=1S/C18H29N5O4.HI/c1-19-18(21-8-2-11-26-13-15-7-12-27-14-15)22-10-9-20-16-3-5-17(6-4-16)23(24)25;/h3-6,15,20H,2,7-14H2,1H3,(H2,19,21,22);1H. The molecule has 1 unspecified atom stereocenters. The molecule has 1 fully saturated rings. The third-order valence-electron chi connectivity index (χ3n) is 4.18. The van der Waals surface area contributed by atoms with Crippen molar-refractivity contribution in [1.82, 2.24) is 10.6 Å². The van der Waals surface area contributed by atoms with E-state index >= 15 is 0 Å². The number of rotatable bonds is 11. The van der Waals surface area contributed by atoms with Gasteiger partial charge in [0.2, 0.25) is 0 Å². The third kappa shape index (κ3) is 9.51. The monoisotopic (exact) mass is 507 g/mol. The molecular weight excluding hydrogens is 477 g/mol. The molecular formula is C18H30IN5O4. The van der Waals surface area contributed by atoms with Crippen molar-refractivity contribution in [2.75, 3.05) is 58.4 Å². The Morgan fingerprint density at radius 3 is 2.68 bits per heavy atom. The lowest BCUT2D eigenvalue weighted by atomic mass is 10.1. The summed E-state index contributed by atoms with van der Waals surface area (Å²) < 4.78 is 11.0. The van der Waals surface area contributed by atoms with Crippen LogP contribution >= 0.6 is 24.0 Å². The average molecular weight is 507 g/mol. The second-order valence-electron chi connectivity index (χ2n) is 6.31. The number of aliphatic imine (C=N–C) groups is 1. The van der Waals surface area contributed by atoms with Gasteiger partial charge in [0, 0.05) is 63.6 Å². The van der Waals surface area contributed by atoms with E-state index in [0.29, 0.717) is 19.0 Å². The van der Waals surface area contributed by atoms with Crippen LogP contribution in [-0.2, 0) is 9.47 Å². The van der Waals surface area contributed by atoms with Crippen molar-refractivity contribution in [3.63, 3.8) is 0 Å². The van der Waals surface area contributed by atoms with Gasteiger partial charge in [-0.1, -0.05) is 0 Å². The zero-order chi connectivity index (χ0) is 19.3. The lowest BCUT2D eigenvalue weighted by molar-refractivity contribution is -0.384. The predicted molar refractivity (Wildman–Crippen MR) is 121 cm³/mol. The van der Waals surface area contributed by atoms with Crippen molar-refractivity contribution in [2.45, 2.75) is 12.8 Å². The smallest absolute Gasteiger partial charge is 0.269 e. The van der Waals surface area contributed by atoms with Gasteiger partial charge in [-0.25, -0.2) is 0 Å². The second kappa shape index (κ2) is 14.4. The van der Waals surface area contributed by atoms with E-state index in [1.807, 2.05) is 0 Å². The SMILES string of the molecule is CN=C(NCCCOCC1CCOC1)NCCNc1ccc([N+](=O)[O-])cc1.I. The fraction of sp³-hybridized carbons (Fsp3) is 0.611. The first kappa shape index (κ1) is 24.4. The maximum Gasteiger partial charge on any atom is 0.269 e. The fourth-order valence-electron chi connectivity index (χ4n) is 2.66. The van der Waals surface area contributed by atoms with Crippen LogP contribution in [0.15, 0.2) is 29.3 Å². The Morgan fingerprint density at radius 1 is 1.29 bits per heavy atom. The van der Waals surface area contributed by atoms with Crippen molar-refractivity contribution in [2.24, 2.45) is 10.9 Å². The molecule has 1 heterocycles. The highest BCUT2D eigenvalue weighted by atomic mass is 127. The highest BCUT2D eigenvalue weighted by Gasteiger charge is 2.15. The van der Waals surface area contributed by atoms with Gasteiger partial charge in [-0.3, -0.25) is 15.1 Å². The summed E-state index contributed by atoms with van der Waals surface area (Å²) in [6, 6.07) is 6.36. The highest BCUT2D eigenvalue weighted by Crippen LogP contribution is 2.15. The number of halogens is 1. The Bertz CT molecular complexity index is 594. The van der Waals surface area contributed by atoms with Crippen molar-refractivity contribution >= 4 is 41.3 Å². The number of hydrogen-bond acceptors (Lipinski definition) is 6. The molecule has 1 saturated heterocycles. The van der Waals surface area contributed by atoms with Crippen LogP contribution in [0.1, 0.15) is 12.8 Å². The maximum atomic E-state index is 10.6. The van der Waals surface area contributed by atoms with E-state index in [-0.39, 0.29) is 29.7 Å². The molecule has 2 rings (SSSR count). The second-order valence-corrected chi connectivity index (χ2v) is 6.31. The van der Waals surface area contributed by atoms with Gasteiger partial charge in [-0.2, -0.15) is 0 Å². The minimum atomic E-state index is -0.408. The van der Waals surface area contributed by atoms with Crippen LogP contribution in [0.3, 0.4) is 0 Å². The van der Waals surface area contributed by atoms with Gasteiger partial charge >= 0.3 is 0 Å². The molecule has 28 heavy (non-hydrogen) atoms. The molecule has 1 aliphatic heterocycles. The summed E-state index contributed by atoms with van der Waals surface area (Å²) in [5, 5.41) is 20.3. The number of hydrogen-bond donors (Lipinski definition) is 3. The van der Waals surface area contributed by atoms with Gasteiger partial charge in [0.1, 0.15) is 0 Å². The number of nitro benzene ring substituents is 1. The van der Waals surface area contributed by atoms with Gasteiger partial charge < -0.3 is 25.4 Å². The molecule has 0 aromatic heterocycles. The van der Waals surface area contributed by atoms with Gasteiger partial charge in [0.05, 0.1) is 18.1 Å². The van der Waals surface area contributed by atoms with E-state index in [2.05, 4.69) is 20.9 Å². The molecule has 0 aliphatic carbocycles. The van der Waals surface area contributed by atoms with Crippen LogP contribution in [0.4, 0.5) is 11.4 Å². The summed E-state index contributed by atoms with van der Waals surface area (Å²) in [7, 11) is 1.73. The van der Waals surface area contributed by atoms with E-state index in [9.17, 15) is 10.1 Å². The number of nitrogens with zero attached hydrogens (tertiary/aromatic N) is 2. The number of anilines is 1. The van der Waals surface area contributed by atoms with E-state index in [1.54, 1.807) is 19.2 Å². The van der Waals surface area contributed by atoms with Crippen LogP contribution in [0.2, 0.25) is 0 Å². The van der Waals surface area contributed by atoms with Crippen LogP contribution in [0.25, 0.3) is 0 Å². The Morgan fingerprint density at radius 2 is 2.04 bits per heavy atom. The van der Waals surface area contributed by atoms with Crippen molar-refractivity contribution in [1.29, 1.82) is 0 Å². The number of nitrogens with one attached hydrogen (secondary N) is 3. The largest absolute Gasteiger partial charge is 0.383 e. The first-order valence-corrected chi connectivity index (χ1v) is 9.27. The number of non-ortho nitro benzene ring substituents is 1. The van der Waals surface area contributed by atoms with E-state index in [4.69, 9.17) is 9.47 Å². The summed E-state index contributed by atoms with van der Waals surface area (Å²) in [5.74, 6) is 1.29. The predicted octanol–water partition coefficient (Wildman–Crippen LogP) is 2.23. The number of nitro groups is 1. The van der Waals surface area contributed by atoms with Crippen LogP contribution < -0.4 is 16.0 Å². The van der Waals surface area contributed by atoms with Gasteiger partial charge in [-0.15, -0.1) is 24.0 Å². The number of ether oxygens (including phenoxy) is 2. The Labute approximate surface area is 182 Å². The molecule has 0 saturated carbocycles. The van der Waals surface area contributed by atoms with Crippen molar-refractivity contribution < 1.29 is 14.4 Å². The van der Waals surface area contributed by atoms with Crippen LogP contribution in [-0.4, -0.2) is 64.0 Å². The zero-order valence-electron chi connectivity index (χ0n) is 16.2. The lowest BCUT2D eigenvalue weighted by Gasteiger charge is -2.13. The summed E-state index contributed by atoms with van der Waals surface area (Å²) in [6.07, 6.45) is 2.01. The van der Waals surface area contributed by atoms with Gasteiger partial charge in [0.15, 0.2) is 5.96 Å². The molecule has 10 heteroatoms.